The number of rotatable bonds is 7. The summed E-state index contributed by atoms with van der Waals surface area (Å²) in [6.07, 6.45) is 5.52. The van der Waals surface area contributed by atoms with Gasteiger partial charge in [-0.05, 0) is 81.8 Å². The summed E-state index contributed by atoms with van der Waals surface area (Å²) < 4.78 is 5.96. The lowest BCUT2D eigenvalue weighted by atomic mass is 9.97. The van der Waals surface area contributed by atoms with Gasteiger partial charge in [0.1, 0.15) is 5.75 Å². The van der Waals surface area contributed by atoms with Crippen LogP contribution in [0.25, 0.3) is 0 Å². The van der Waals surface area contributed by atoms with Crippen molar-refractivity contribution < 1.29 is 4.74 Å². The molecule has 2 fully saturated rings. The van der Waals surface area contributed by atoms with Crippen LogP contribution in [0.2, 0.25) is 0 Å². The van der Waals surface area contributed by atoms with Crippen LogP contribution in [0.1, 0.15) is 32.6 Å². The predicted octanol–water partition coefficient (Wildman–Crippen LogP) is 4.04. The van der Waals surface area contributed by atoms with Crippen LogP contribution in [0.5, 0.6) is 5.75 Å². The van der Waals surface area contributed by atoms with Gasteiger partial charge in [0.15, 0.2) is 0 Å². The van der Waals surface area contributed by atoms with E-state index in [9.17, 15) is 0 Å². The molecule has 1 aromatic rings. The van der Waals surface area contributed by atoms with Crippen LogP contribution in [0.15, 0.2) is 24.3 Å². The molecular formula is C18H29ClN2O. The molecule has 0 aromatic heterocycles. The molecule has 0 amide bonds. The second kappa shape index (κ2) is 8.64. The van der Waals surface area contributed by atoms with E-state index in [2.05, 4.69) is 41.4 Å². The van der Waals surface area contributed by atoms with Gasteiger partial charge in [0.25, 0.3) is 0 Å². The third kappa shape index (κ3) is 5.36. The molecule has 1 saturated heterocycles. The molecule has 1 N–H and O–H groups in total. The summed E-state index contributed by atoms with van der Waals surface area (Å²) >= 11 is 0. The molecule has 1 aromatic carbocycles. The van der Waals surface area contributed by atoms with Crippen molar-refractivity contribution in [3.63, 3.8) is 0 Å². The molecule has 22 heavy (non-hydrogen) atoms. The van der Waals surface area contributed by atoms with Crippen LogP contribution in [-0.4, -0.2) is 37.7 Å². The van der Waals surface area contributed by atoms with Crippen LogP contribution < -0.4 is 10.1 Å². The first-order chi connectivity index (χ1) is 10.3. The largest absolute Gasteiger partial charge is 0.493 e. The maximum atomic E-state index is 5.96. The van der Waals surface area contributed by atoms with Crippen molar-refractivity contribution >= 4 is 18.1 Å². The van der Waals surface area contributed by atoms with Gasteiger partial charge in [-0.2, -0.15) is 0 Å². The van der Waals surface area contributed by atoms with Crippen molar-refractivity contribution in [2.24, 2.45) is 11.8 Å². The third-order valence-corrected chi connectivity index (χ3v) is 4.64. The zero-order valence-corrected chi connectivity index (χ0v) is 14.4. The highest BCUT2D eigenvalue weighted by molar-refractivity contribution is 5.85. The molecule has 0 bridgehead atoms. The number of nitrogens with zero attached hydrogens (tertiary/aromatic N) is 1. The van der Waals surface area contributed by atoms with Crippen LogP contribution in [-0.2, 0) is 0 Å². The summed E-state index contributed by atoms with van der Waals surface area (Å²) in [5.74, 6) is 2.75. The average Bonchev–Trinajstić information content (AvgIpc) is 3.32. The van der Waals surface area contributed by atoms with E-state index >= 15 is 0 Å². The average molecular weight is 325 g/mol. The molecule has 2 aliphatic rings. The highest BCUT2D eigenvalue weighted by atomic mass is 35.5. The zero-order chi connectivity index (χ0) is 14.5. The van der Waals surface area contributed by atoms with Crippen molar-refractivity contribution in [2.45, 2.75) is 32.6 Å². The Balaban J connectivity index is 0.00000176. The van der Waals surface area contributed by atoms with E-state index in [0.717, 1.165) is 30.7 Å². The summed E-state index contributed by atoms with van der Waals surface area (Å²) in [4.78, 5) is 2.65. The quantitative estimate of drug-likeness (QED) is 0.819. The Morgan fingerprint density at radius 1 is 1.05 bits per heavy atom. The maximum absolute atomic E-state index is 5.96. The van der Waals surface area contributed by atoms with Gasteiger partial charge in [-0.25, -0.2) is 0 Å². The van der Waals surface area contributed by atoms with Crippen molar-refractivity contribution in [2.75, 3.05) is 38.1 Å². The fraction of sp³-hybridized carbons (Fsp3) is 0.667. The number of likely N-dealkylation sites (tertiary alicyclic amines) is 1. The summed E-state index contributed by atoms with van der Waals surface area (Å²) in [6.45, 7) is 7.82. The van der Waals surface area contributed by atoms with Gasteiger partial charge in [-0.1, -0.05) is 0 Å². The number of nitrogens with one attached hydrogen (secondary N) is 1. The maximum Gasteiger partial charge on any atom is 0.119 e. The predicted molar refractivity (Wildman–Crippen MR) is 95.2 cm³/mol. The number of ether oxygens (including phenoxy) is 1. The van der Waals surface area contributed by atoms with Gasteiger partial charge in [0, 0.05) is 18.8 Å². The Bertz CT molecular complexity index is 425. The van der Waals surface area contributed by atoms with Gasteiger partial charge in [0.2, 0.25) is 0 Å². The Hall–Kier alpha value is -0.930. The van der Waals surface area contributed by atoms with Crippen molar-refractivity contribution in [3.8, 4) is 5.75 Å². The Labute approximate surface area is 140 Å². The summed E-state index contributed by atoms with van der Waals surface area (Å²) in [6, 6.07) is 8.33. The number of hydrogen-bond acceptors (Lipinski definition) is 3. The molecule has 1 aliphatic heterocycles. The molecule has 0 atom stereocenters. The van der Waals surface area contributed by atoms with Crippen LogP contribution in [0.4, 0.5) is 5.69 Å². The smallest absolute Gasteiger partial charge is 0.119 e. The lowest BCUT2D eigenvalue weighted by molar-refractivity contribution is 0.138. The van der Waals surface area contributed by atoms with Gasteiger partial charge in [-0.15, -0.1) is 12.4 Å². The molecule has 0 radical (unpaired) electrons. The first kappa shape index (κ1) is 17.4. The normalized spacial score (nSPS) is 19.5. The van der Waals surface area contributed by atoms with Gasteiger partial charge < -0.3 is 15.0 Å². The molecule has 3 rings (SSSR count). The van der Waals surface area contributed by atoms with Crippen LogP contribution in [0, 0.1) is 11.8 Å². The fourth-order valence-corrected chi connectivity index (χ4v) is 3.09. The molecule has 124 valence electrons. The SMILES string of the molecule is CCNc1ccc(OCC2CCN(CC3CC3)CC2)cc1.Cl. The topological polar surface area (TPSA) is 24.5 Å². The van der Waals surface area contributed by atoms with E-state index in [0.29, 0.717) is 0 Å². The molecule has 1 aliphatic carbocycles. The van der Waals surface area contributed by atoms with E-state index in [1.807, 2.05) is 0 Å². The Morgan fingerprint density at radius 2 is 1.73 bits per heavy atom. The number of benzene rings is 1. The van der Waals surface area contributed by atoms with E-state index in [-0.39, 0.29) is 12.4 Å². The van der Waals surface area contributed by atoms with Crippen molar-refractivity contribution in [1.82, 2.24) is 4.90 Å². The van der Waals surface area contributed by atoms with Crippen LogP contribution >= 0.6 is 12.4 Å². The van der Waals surface area contributed by atoms with Crippen molar-refractivity contribution in [1.29, 1.82) is 0 Å². The summed E-state index contributed by atoms with van der Waals surface area (Å²) in [5, 5.41) is 3.30. The monoisotopic (exact) mass is 324 g/mol. The Morgan fingerprint density at radius 3 is 2.32 bits per heavy atom. The molecular weight excluding hydrogens is 296 g/mol. The zero-order valence-electron chi connectivity index (χ0n) is 13.6. The standard InChI is InChI=1S/C18H28N2O.ClH/c1-2-19-17-5-7-18(8-6-17)21-14-16-9-11-20(12-10-16)13-15-3-4-15;/h5-8,15-16,19H,2-4,9-14H2,1H3;1H. The number of hydrogen-bond donors (Lipinski definition) is 1. The molecule has 1 saturated carbocycles. The molecule has 0 spiro atoms. The molecule has 3 nitrogen and oxygen atoms in total. The van der Waals surface area contributed by atoms with Gasteiger partial charge >= 0.3 is 0 Å². The van der Waals surface area contributed by atoms with Gasteiger partial charge in [0.05, 0.1) is 6.61 Å². The van der Waals surface area contributed by atoms with E-state index in [1.165, 1.54) is 51.0 Å². The van der Waals surface area contributed by atoms with Crippen molar-refractivity contribution in [3.05, 3.63) is 24.3 Å². The first-order valence-corrected chi connectivity index (χ1v) is 8.52. The summed E-state index contributed by atoms with van der Waals surface area (Å²) in [5.41, 5.74) is 1.17. The second-order valence-electron chi connectivity index (χ2n) is 6.55. The van der Waals surface area contributed by atoms with E-state index < -0.39 is 0 Å². The number of piperidine rings is 1. The summed E-state index contributed by atoms with van der Waals surface area (Å²) in [7, 11) is 0. The van der Waals surface area contributed by atoms with E-state index in [4.69, 9.17) is 4.74 Å². The minimum absolute atomic E-state index is 0. The highest BCUT2D eigenvalue weighted by Gasteiger charge is 2.27. The highest BCUT2D eigenvalue weighted by Crippen LogP contribution is 2.31. The first-order valence-electron chi connectivity index (χ1n) is 8.52. The minimum Gasteiger partial charge on any atom is -0.493 e. The number of anilines is 1. The fourth-order valence-electron chi connectivity index (χ4n) is 3.09. The Kier molecular flexibility index (Phi) is 6.84. The molecule has 0 unspecified atom stereocenters. The molecule has 4 heteroatoms. The van der Waals surface area contributed by atoms with Crippen LogP contribution in [0.3, 0.4) is 0 Å². The molecule has 1 heterocycles. The lowest BCUT2D eigenvalue weighted by Crippen LogP contribution is -2.36. The third-order valence-electron chi connectivity index (χ3n) is 4.64. The number of halogens is 1. The lowest BCUT2D eigenvalue weighted by Gasteiger charge is -2.31. The second-order valence-corrected chi connectivity index (χ2v) is 6.55. The minimum atomic E-state index is 0. The van der Waals surface area contributed by atoms with Gasteiger partial charge in [-0.3, -0.25) is 0 Å². The van der Waals surface area contributed by atoms with E-state index in [1.54, 1.807) is 0 Å².